The molecule has 1 saturated carbocycles. The third kappa shape index (κ3) is 1.98. The maximum absolute atomic E-state index is 6.78. The van der Waals surface area contributed by atoms with Gasteiger partial charge in [-0.05, 0) is 43.4 Å². The Morgan fingerprint density at radius 2 is 1.91 bits per heavy atom. The lowest BCUT2D eigenvalue weighted by molar-refractivity contribution is 0.0975. The van der Waals surface area contributed by atoms with Crippen LogP contribution in [0.4, 0.5) is 0 Å². The zero-order chi connectivity index (χ0) is 15.4. The Kier molecular flexibility index (Phi) is 2.75. The van der Waals surface area contributed by atoms with Crippen LogP contribution in [-0.4, -0.2) is 0 Å². The zero-order valence-corrected chi connectivity index (χ0v) is 13.9. The number of hydrogen-bond acceptors (Lipinski definition) is 2. The van der Waals surface area contributed by atoms with E-state index < -0.39 is 0 Å². The number of aryl methyl sites for hydroxylation is 1. The van der Waals surface area contributed by atoms with Gasteiger partial charge in [-0.25, -0.2) is 0 Å². The molecule has 1 aliphatic carbocycles. The molecule has 0 spiro atoms. The van der Waals surface area contributed by atoms with E-state index in [9.17, 15) is 0 Å². The lowest BCUT2D eigenvalue weighted by atomic mass is 9.90. The molecular weight excluding hydrogens is 300 g/mol. The Morgan fingerprint density at radius 1 is 1.04 bits per heavy atom. The first-order chi connectivity index (χ1) is 11.3. The number of ether oxygens (including phenoxy) is 1. The zero-order valence-electron chi connectivity index (χ0n) is 13.1. The highest BCUT2D eigenvalue weighted by molar-refractivity contribution is 7.12. The predicted molar refractivity (Wildman–Crippen MR) is 97.1 cm³/mol. The van der Waals surface area contributed by atoms with Crippen molar-refractivity contribution in [1.82, 2.24) is 0 Å². The van der Waals surface area contributed by atoms with Gasteiger partial charge in [0.25, 0.3) is 0 Å². The second-order valence-corrected chi connectivity index (χ2v) is 7.91. The van der Waals surface area contributed by atoms with Crippen LogP contribution in [0.3, 0.4) is 0 Å². The van der Waals surface area contributed by atoms with Crippen molar-refractivity contribution in [2.24, 2.45) is 5.92 Å². The maximum atomic E-state index is 6.78. The molecule has 5 rings (SSSR count). The van der Waals surface area contributed by atoms with Crippen LogP contribution in [0.1, 0.15) is 28.2 Å². The number of benzene rings is 2. The molecule has 1 unspecified atom stereocenters. The summed E-state index contributed by atoms with van der Waals surface area (Å²) in [5, 5.41) is 2.46. The van der Waals surface area contributed by atoms with Gasteiger partial charge in [0.15, 0.2) is 5.60 Å². The standard InChI is InChI=1S/C21H18OS/c1-14-6-11-19(23-14)21(17-9-10-17)13-12-16-8-7-15-4-2-3-5-18(15)20(16)22-21/h2-8,11-13,17H,9-10H2,1H3. The maximum Gasteiger partial charge on any atom is 0.164 e. The molecule has 0 saturated heterocycles. The van der Waals surface area contributed by atoms with E-state index in [1.807, 2.05) is 11.3 Å². The van der Waals surface area contributed by atoms with Gasteiger partial charge in [0.2, 0.25) is 0 Å². The van der Waals surface area contributed by atoms with E-state index in [0.717, 1.165) is 5.75 Å². The van der Waals surface area contributed by atoms with Crippen molar-refractivity contribution >= 4 is 28.2 Å². The Balaban J connectivity index is 1.72. The Bertz CT molecular complexity index is 932. The van der Waals surface area contributed by atoms with Crippen molar-refractivity contribution in [3.05, 3.63) is 69.9 Å². The minimum Gasteiger partial charge on any atom is -0.476 e. The summed E-state index contributed by atoms with van der Waals surface area (Å²) in [4.78, 5) is 2.69. The molecule has 0 radical (unpaired) electrons. The number of fused-ring (bicyclic) bond motifs is 3. The molecule has 2 heteroatoms. The van der Waals surface area contributed by atoms with Crippen LogP contribution in [0, 0.1) is 12.8 Å². The Hall–Kier alpha value is -2.06. The van der Waals surface area contributed by atoms with E-state index >= 15 is 0 Å². The third-order valence-electron chi connectivity index (χ3n) is 5.00. The molecule has 1 aliphatic heterocycles. The van der Waals surface area contributed by atoms with E-state index in [2.05, 4.69) is 67.6 Å². The molecule has 0 N–H and O–H groups in total. The molecule has 2 aliphatic rings. The molecular formula is C21H18OS. The van der Waals surface area contributed by atoms with Gasteiger partial charge in [0.05, 0.1) is 4.88 Å². The first-order valence-corrected chi connectivity index (χ1v) is 9.05. The average Bonchev–Trinajstić information content (AvgIpc) is 3.36. The van der Waals surface area contributed by atoms with Gasteiger partial charge < -0.3 is 4.74 Å². The fourth-order valence-corrected chi connectivity index (χ4v) is 4.69. The van der Waals surface area contributed by atoms with Gasteiger partial charge in [0.1, 0.15) is 5.75 Å². The summed E-state index contributed by atoms with van der Waals surface area (Å²) in [5.41, 5.74) is 0.920. The first kappa shape index (κ1) is 13.4. The topological polar surface area (TPSA) is 9.23 Å². The highest BCUT2D eigenvalue weighted by atomic mass is 32.1. The fraction of sp³-hybridized carbons (Fsp3) is 0.238. The summed E-state index contributed by atoms with van der Waals surface area (Å²) < 4.78 is 6.78. The summed E-state index contributed by atoms with van der Waals surface area (Å²) in [5.74, 6) is 1.65. The van der Waals surface area contributed by atoms with Crippen LogP contribution in [0.2, 0.25) is 0 Å². The van der Waals surface area contributed by atoms with Crippen molar-refractivity contribution in [3.63, 3.8) is 0 Å². The van der Waals surface area contributed by atoms with Crippen LogP contribution < -0.4 is 4.74 Å². The molecule has 0 bridgehead atoms. The van der Waals surface area contributed by atoms with Gasteiger partial charge in [-0.1, -0.05) is 42.5 Å². The molecule has 114 valence electrons. The van der Waals surface area contributed by atoms with Crippen LogP contribution in [-0.2, 0) is 5.60 Å². The molecule has 0 amide bonds. The van der Waals surface area contributed by atoms with E-state index in [4.69, 9.17) is 4.74 Å². The molecule has 1 atom stereocenters. The highest BCUT2D eigenvalue weighted by Gasteiger charge is 2.49. The second kappa shape index (κ2) is 4.72. The monoisotopic (exact) mass is 318 g/mol. The second-order valence-electron chi connectivity index (χ2n) is 6.62. The SMILES string of the molecule is Cc1ccc(C2(C3CC3)C=Cc3ccc4ccccc4c3O2)s1. The van der Waals surface area contributed by atoms with E-state index in [-0.39, 0.29) is 5.60 Å². The van der Waals surface area contributed by atoms with E-state index in [1.165, 1.54) is 38.9 Å². The predicted octanol–water partition coefficient (Wildman–Crippen LogP) is 5.92. The van der Waals surface area contributed by atoms with Crippen molar-refractivity contribution in [2.45, 2.75) is 25.4 Å². The van der Waals surface area contributed by atoms with Crippen LogP contribution in [0.25, 0.3) is 16.8 Å². The summed E-state index contributed by atoms with van der Waals surface area (Å²) in [6.07, 6.45) is 7.06. The van der Waals surface area contributed by atoms with E-state index in [0.29, 0.717) is 5.92 Å². The number of hydrogen-bond donors (Lipinski definition) is 0. The summed E-state index contributed by atoms with van der Waals surface area (Å²) >= 11 is 1.87. The lowest BCUT2D eigenvalue weighted by Gasteiger charge is -2.35. The van der Waals surface area contributed by atoms with E-state index in [1.54, 1.807) is 0 Å². The van der Waals surface area contributed by atoms with Crippen LogP contribution in [0.5, 0.6) is 5.75 Å². The van der Waals surface area contributed by atoms with Crippen LogP contribution >= 0.6 is 11.3 Å². The highest BCUT2D eigenvalue weighted by Crippen LogP contribution is 2.54. The normalized spacial score (nSPS) is 22.8. The molecule has 1 fully saturated rings. The molecule has 1 nitrogen and oxygen atoms in total. The molecule has 1 aromatic heterocycles. The molecule has 2 aromatic carbocycles. The molecule has 3 aromatic rings. The number of rotatable bonds is 2. The third-order valence-corrected chi connectivity index (χ3v) is 6.13. The van der Waals surface area contributed by atoms with Gasteiger partial charge in [0, 0.05) is 21.7 Å². The summed E-state index contributed by atoms with van der Waals surface area (Å²) in [6, 6.07) is 17.3. The smallest absolute Gasteiger partial charge is 0.164 e. The Morgan fingerprint density at radius 3 is 2.70 bits per heavy atom. The quantitative estimate of drug-likeness (QED) is 0.570. The van der Waals surface area contributed by atoms with Crippen molar-refractivity contribution in [1.29, 1.82) is 0 Å². The van der Waals surface area contributed by atoms with Gasteiger partial charge >= 0.3 is 0 Å². The first-order valence-electron chi connectivity index (χ1n) is 8.23. The summed E-state index contributed by atoms with van der Waals surface area (Å²) in [6.45, 7) is 2.17. The minimum absolute atomic E-state index is 0.268. The van der Waals surface area contributed by atoms with Crippen LogP contribution in [0.15, 0.2) is 54.6 Å². The summed E-state index contributed by atoms with van der Waals surface area (Å²) in [7, 11) is 0. The van der Waals surface area contributed by atoms with Crippen molar-refractivity contribution in [3.8, 4) is 5.75 Å². The van der Waals surface area contributed by atoms with Crippen molar-refractivity contribution in [2.75, 3.05) is 0 Å². The lowest BCUT2D eigenvalue weighted by Crippen LogP contribution is -2.34. The molecule has 23 heavy (non-hydrogen) atoms. The fourth-order valence-electron chi connectivity index (χ4n) is 3.63. The largest absolute Gasteiger partial charge is 0.476 e. The average molecular weight is 318 g/mol. The van der Waals surface area contributed by atoms with Crippen molar-refractivity contribution < 1.29 is 4.74 Å². The van der Waals surface area contributed by atoms with Gasteiger partial charge in [-0.15, -0.1) is 11.3 Å². The number of thiophene rings is 1. The van der Waals surface area contributed by atoms with Gasteiger partial charge in [-0.3, -0.25) is 0 Å². The van der Waals surface area contributed by atoms with Gasteiger partial charge in [-0.2, -0.15) is 0 Å². The minimum atomic E-state index is -0.268. The Labute approximate surface area is 140 Å². The molecule has 2 heterocycles.